The molecular formula is C49H34N2O. The van der Waals surface area contributed by atoms with Crippen LogP contribution in [0.3, 0.4) is 0 Å². The van der Waals surface area contributed by atoms with Crippen molar-refractivity contribution in [2.45, 2.75) is 0 Å². The van der Waals surface area contributed by atoms with Crippen molar-refractivity contribution in [1.29, 1.82) is 0 Å². The van der Waals surface area contributed by atoms with Crippen LogP contribution in [0.15, 0.2) is 211 Å². The van der Waals surface area contributed by atoms with E-state index in [1.165, 1.54) is 33.4 Å². The van der Waals surface area contributed by atoms with Gasteiger partial charge in [-0.1, -0.05) is 146 Å². The van der Waals surface area contributed by atoms with Crippen LogP contribution in [0.1, 0.15) is 0 Å². The molecule has 1 heterocycles. The highest BCUT2D eigenvalue weighted by atomic mass is 16.3. The number of benzene rings is 8. The molecule has 1 aromatic heterocycles. The Kier molecular flexibility index (Phi) is 8.20. The van der Waals surface area contributed by atoms with E-state index in [1.54, 1.807) is 0 Å². The summed E-state index contributed by atoms with van der Waals surface area (Å²) in [6, 6.07) is 72.5. The van der Waals surface area contributed by atoms with Gasteiger partial charge in [-0.15, -0.1) is 0 Å². The summed E-state index contributed by atoms with van der Waals surface area (Å²) >= 11 is 0. The Hall–Kier alpha value is -6.97. The number of rotatable bonds is 8. The van der Waals surface area contributed by atoms with Gasteiger partial charge in [-0.25, -0.2) is 4.98 Å². The zero-order valence-corrected chi connectivity index (χ0v) is 28.4. The standard InChI is InChI=1S/C49H34N2O/c1-3-13-35(14-4-1)36-27-31-41(32-28-36)51(40-15-5-2-6-16-40)42-33-29-38(30-34-42)44-18-8-10-20-46(44)45-19-9-7-17-43(45)37-23-25-39(26-24-37)49-50-47-21-11-12-22-48(47)52-49/h1-34H. The number of hydrogen-bond acceptors (Lipinski definition) is 3. The summed E-state index contributed by atoms with van der Waals surface area (Å²) in [5.74, 6) is 0.629. The van der Waals surface area contributed by atoms with Gasteiger partial charge in [0.25, 0.3) is 0 Å². The minimum absolute atomic E-state index is 0.629. The SMILES string of the molecule is c1ccc(-c2ccc(N(c3ccccc3)c3ccc(-c4ccccc4-c4ccccc4-c4ccc(-c5nc6ccccc6o5)cc4)cc3)cc2)cc1. The van der Waals surface area contributed by atoms with Crippen LogP contribution < -0.4 is 4.90 Å². The fraction of sp³-hybridized carbons (Fsp3) is 0. The number of aromatic nitrogens is 1. The minimum Gasteiger partial charge on any atom is -0.436 e. The molecule has 0 radical (unpaired) electrons. The maximum absolute atomic E-state index is 6.04. The Bertz CT molecular complexity index is 2560. The van der Waals surface area contributed by atoms with Gasteiger partial charge in [0.15, 0.2) is 5.58 Å². The summed E-state index contributed by atoms with van der Waals surface area (Å²) in [6.07, 6.45) is 0. The van der Waals surface area contributed by atoms with Crippen LogP contribution in [0.4, 0.5) is 17.1 Å². The highest BCUT2D eigenvalue weighted by Gasteiger charge is 2.16. The zero-order valence-electron chi connectivity index (χ0n) is 28.4. The monoisotopic (exact) mass is 666 g/mol. The second-order valence-electron chi connectivity index (χ2n) is 12.8. The molecule has 9 rings (SSSR count). The average molecular weight is 667 g/mol. The molecule has 0 aliphatic heterocycles. The van der Waals surface area contributed by atoms with Gasteiger partial charge < -0.3 is 9.32 Å². The van der Waals surface area contributed by atoms with Crippen molar-refractivity contribution in [2.75, 3.05) is 4.90 Å². The molecule has 3 nitrogen and oxygen atoms in total. The van der Waals surface area contributed by atoms with Crippen LogP contribution in [0.2, 0.25) is 0 Å². The largest absolute Gasteiger partial charge is 0.436 e. The normalized spacial score (nSPS) is 11.1. The van der Waals surface area contributed by atoms with Crippen molar-refractivity contribution < 1.29 is 4.42 Å². The molecule has 8 aromatic carbocycles. The molecule has 0 amide bonds. The van der Waals surface area contributed by atoms with Gasteiger partial charge in [0, 0.05) is 22.6 Å². The molecule has 0 fully saturated rings. The van der Waals surface area contributed by atoms with E-state index in [9.17, 15) is 0 Å². The summed E-state index contributed by atoms with van der Waals surface area (Å²) in [6.45, 7) is 0. The number of anilines is 3. The van der Waals surface area contributed by atoms with E-state index in [4.69, 9.17) is 9.40 Å². The van der Waals surface area contributed by atoms with Crippen LogP contribution >= 0.6 is 0 Å². The molecule has 0 unspecified atom stereocenters. The zero-order chi connectivity index (χ0) is 34.7. The van der Waals surface area contributed by atoms with Gasteiger partial charge in [-0.05, 0) is 105 Å². The summed E-state index contributed by atoms with van der Waals surface area (Å²) < 4.78 is 6.04. The number of fused-ring (bicyclic) bond motifs is 1. The first-order chi connectivity index (χ1) is 25.8. The van der Waals surface area contributed by atoms with Crippen molar-refractivity contribution in [1.82, 2.24) is 4.98 Å². The van der Waals surface area contributed by atoms with Gasteiger partial charge in [0.05, 0.1) is 0 Å². The first-order valence-electron chi connectivity index (χ1n) is 17.5. The molecule has 0 atom stereocenters. The van der Waals surface area contributed by atoms with Gasteiger partial charge in [-0.2, -0.15) is 0 Å². The predicted octanol–water partition coefficient (Wildman–Crippen LogP) is 13.6. The van der Waals surface area contributed by atoms with Gasteiger partial charge >= 0.3 is 0 Å². The Morgan fingerprint density at radius 1 is 0.308 bits per heavy atom. The number of nitrogens with zero attached hydrogens (tertiary/aromatic N) is 2. The topological polar surface area (TPSA) is 29.3 Å². The second-order valence-corrected chi connectivity index (χ2v) is 12.8. The Morgan fingerprint density at radius 3 is 1.29 bits per heavy atom. The summed E-state index contributed by atoms with van der Waals surface area (Å²) in [5, 5.41) is 0. The lowest BCUT2D eigenvalue weighted by atomic mass is 9.89. The van der Waals surface area contributed by atoms with Gasteiger partial charge in [-0.3, -0.25) is 0 Å². The lowest BCUT2D eigenvalue weighted by molar-refractivity contribution is 0.620. The Morgan fingerprint density at radius 2 is 0.712 bits per heavy atom. The molecule has 0 saturated heterocycles. The van der Waals surface area contributed by atoms with E-state index in [1.807, 2.05) is 24.3 Å². The first kappa shape index (κ1) is 31.0. The Balaban J connectivity index is 1.04. The number of para-hydroxylation sites is 3. The smallest absolute Gasteiger partial charge is 0.227 e. The van der Waals surface area contributed by atoms with Crippen LogP contribution in [-0.2, 0) is 0 Å². The molecule has 9 aromatic rings. The summed E-state index contributed by atoms with van der Waals surface area (Å²) in [7, 11) is 0. The van der Waals surface area contributed by atoms with E-state index in [0.29, 0.717) is 5.89 Å². The van der Waals surface area contributed by atoms with Crippen molar-refractivity contribution in [3.8, 4) is 56.0 Å². The molecule has 0 aliphatic carbocycles. The molecular weight excluding hydrogens is 633 g/mol. The Labute approximate surface area is 303 Å². The van der Waals surface area contributed by atoms with E-state index >= 15 is 0 Å². The van der Waals surface area contributed by atoms with Crippen molar-refractivity contribution in [3.05, 3.63) is 206 Å². The molecule has 0 aliphatic rings. The van der Waals surface area contributed by atoms with Crippen LogP contribution in [0, 0.1) is 0 Å². The summed E-state index contributed by atoms with van der Waals surface area (Å²) in [5.41, 5.74) is 15.3. The molecule has 0 bridgehead atoms. The van der Waals surface area contributed by atoms with Gasteiger partial charge in [0.2, 0.25) is 5.89 Å². The lowest BCUT2D eigenvalue weighted by Gasteiger charge is -2.26. The molecule has 0 spiro atoms. The van der Waals surface area contributed by atoms with E-state index in [2.05, 4.69) is 187 Å². The third-order valence-corrected chi connectivity index (χ3v) is 9.56. The fourth-order valence-electron chi connectivity index (χ4n) is 6.98. The molecule has 246 valence electrons. The highest BCUT2D eigenvalue weighted by molar-refractivity contribution is 5.92. The maximum Gasteiger partial charge on any atom is 0.227 e. The third kappa shape index (κ3) is 6.06. The number of oxazole rings is 1. The van der Waals surface area contributed by atoms with E-state index in [0.717, 1.165) is 44.9 Å². The lowest BCUT2D eigenvalue weighted by Crippen LogP contribution is -2.09. The first-order valence-corrected chi connectivity index (χ1v) is 17.5. The van der Waals surface area contributed by atoms with E-state index in [-0.39, 0.29) is 0 Å². The predicted molar refractivity (Wildman–Crippen MR) is 216 cm³/mol. The molecule has 0 saturated carbocycles. The van der Waals surface area contributed by atoms with Crippen molar-refractivity contribution in [2.24, 2.45) is 0 Å². The summed E-state index contributed by atoms with van der Waals surface area (Å²) in [4.78, 5) is 7.00. The quantitative estimate of drug-likeness (QED) is 0.162. The van der Waals surface area contributed by atoms with Gasteiger partial charge in [0.1, 0.15) is 5.52 Å². The minimum atomic E-state index is 0.629. The highest BCUT2D eigenvalue weighted by Crippen LogP contribution is 2.41. The second kappa shape index (κ2) is 13.7. The van der Waals surface area contributed by atoms with Crippen molar-refractivity contribution >= 4 is 28.2 Å². The van der Waals surface area contributed by atoms with Crippen LogP contribution in [-0.4, -0.2) is 4.98 Å². The van der Waals surface area contributed by atoms with Crippen LogP contribution in [0.25, 0.3) is 67.1 Å². The maximum atomic E-state index is 6.04. The number of hydrogen-bond donors (Lipinski definition) is 0. The molecule has 3 heteroatoms. The van der Waals surface area contributed by atoms with Crippen LogP contribution in [0.5, 0.6) is 0 Å². The third-order valence-electron chi connectivity index (χ3n) is 9.56. The van der Waals surface area contributed by atoms with Crippen molar-refractivity contribution in [3.63, 3.8) is 0 Å². The molecule has 52 heavy (non-hydrogen) atoms. The van der Waals surface area contributed by atoms with E-state index < -0.39 is 0 Å². The average Bonchev–Trinajstić information content (AvgIpc) is 3.67. The fourth-order valence-corrected chi connectivity index (χ4v) is 6.98. The molecule has 0 N–H and O–H groups in total.